The molecule has 2 aromatic carbocycles. The number of amides is 1. The highest BCUT2D eigenvalue weighted by Gasteiger charge is 2.29. The summed E-state index contributed by atoms with van der Waals surface area (Å²) in [6.45, 7) is 1.33. The van der Waals surface area contributed by atoms with Crippen LogP contribution in [0.4, 0.5) is 0 Å². The van der Waals surface area contributed by atoms with Crippen molar-refractivity contribution in [3.63, 3.8) is 0 Å². The van der Waals surface area contributed by atoms with Crippen LogP contribution in [0.15, 0.2) is 47.4 Å². The van der Waals surface area contributed by atoms with E-state index in [0.717, 1.165) is 0 Å². The second-order valence-corrected chi connectivity index (χ2v) is 8.87. The number of aromatic carboxylic acids is 1. The van der Waals surface area contributed by atoms with Gasteiger partial charge in [0.15, 0.2) is 0 Å². The van der Waals surface area contributed by atoms with Gasteiger partial charge in [-0.1, -0.05) is 18.2 Å². The van der Waals surface area contributed by atoms with Gasteiger partial charge in [0.1, 0.15) is 10.6 Å². The van der Waals surface area contributed by atoms with Crippen molar-refractivity contribution in [3.8, 4) is 5.75 Å². The van der Waals surface area contributed by atoms with Gasteiger partial charge in [-0.05, 0) is 35.4 Å². The minimum Gasteiger partial charge on any atom is -0.495 e. The predicted octanol–water partition coefficient (Wildman–Crippen LogP) is 1.27. The molecule has 3 rings (SSSR count). The molecule has 0 aromatic heterocycles. The molecule has 0 aliphatic carbocycles. The fourth-order valence-corrected chi connectivity index (χ4v) is 4.84. The molecule has 2 N–H and O–H groups in total. The molecule has 9 nitrogen and oxygen atoms in total. The van der Waals surface area contributed by atoms with Gasteiger partial charge in [0.05, 0.1) is 32.3 Å². The number of methoxy groups -OCH3 is 1. The van der Waals surface area contributed by atoms with E-state index in [1.165, 1.54) is 35.7 Å². The molecular weight excluding hydrogens is 424 g/mol. The summed E-state index contributed by atoms with van der Waals surface area (Å²) in [6.07, 6.45) is -0.0335. The van der Waals surface area contributed by atoms with Gasteiger partial charge in [-0.3, -0.25) is 4.79 Å². The SMILES string of the molecule is COc1ccc(CC(=O)NCc2cccc(C(=O)O)c2)cc1S(=O)(=O)N1CCOCC1. The fraction of sp³-hybridized carbons (Fsp3) is 0.333. The standard InChI is InChI=1S/C21H24N2O7S/c1-29-18-6-5-15(12-19(18)31(27,28)23-7-9-30-10-8-23)13-20(24)22-14-16-3-2-4-17(11-16)21(25)26/h2-6,11-12H,7-10,13-14H2,1H3,(H,22,24)(H,25,26). The largest absolute Gasteiger partial charge is 0.495 e. The number of nitrogens with one attached hydrogen (secondary N) is 1. The van der Waals surface area contributed by atoms with Crippen molar-refractivity contribution >= 4 is 21.9 Å². The van der Waals surface area contributed by atoms with Gasteiger partial charge >= 0.3 is 5.97 Å². The van der Waals surface area contributed by atoms with Crippen molar-refractivity contribution in [2.75, 3.05) is 33.4 Å². The van der Waals surface area contributed by atoms with Crippen molar-refractivity contribution in [1.29, 1.82) is 0 Å². The van der Waals surface area contributed by atoms with E-state index in [4.69, 9.17) is 14.6 Å². The van der Waals surface area contributed by atoms with Crippen molar-refractivity contribution in [3.05, 3.63) is 59.2 Å². The number of sulfonamides is 1. The highest BCUT2D eigenvalue weighted by molar-refractivity contribution is 7.89. The molecule has 2 aromatic rings. The first-order valence-electron chi connectivity index (χ1n) is 9.65. The van der Waals surface area contributed by atoms with Gasteiger partial charge < -0.3 is 19.9 Å². The van der Waals surface area contributed by atoms with Gasteiger partial charge in [0.25, 0.3) is 0 Å². The topological polar surface area (TPSA) is 122 Å². The normalized spacial score (nSPS) is 14.7. The molecule has 31 heavy (non-hydrogen) atoms. The average molecular weight is 448 g/mol. The van der Waals surface area contributed by atoms with Crippen molar-refractivity contribution in [1.82, 2.24) is 9.62 Å². The van der Waals surface area contributed by atoms with Crippen LogP contribution in [0.25, 0.3) is 0 Å². The summed E-state index contributed by atoms with van der Waals surface area (Å²) >= 11 is 0. The molecule has 1 saturated heterocycles. The Bertz CT molecular complexity index is 1060. The van der Waals surface area contributed by atoms with E-state index in [0.29, 0.717) is 24.3 Å². The maximum atomic E-state index is 13.0. The van der Waals surface area contributed by atoms with Crippen LogP contribution < -0.4 is 10.1 Å². The van der Waals surface area contributed by atoms with Crippen molar-refractivity contribution < 1.29 is 32.6 Å². The van der Waals surface area contributed by atoms with Gasteiger partial charge in [0.2, 0.25) is 15.9 Å². The summed E-state index contributed by atoms with van der Waals surface area (Å²) in [6, 6.07) is 10.9. The van der Waals surface area contributed by atoms with E-state index < -0.39 is 16.0 Å². The molecule has 0 atom stereocenters. The number of nitrogens with zero attached hydrogens (tertiary/aromatic N) is 1. The lowest BCUT2D eigenvalue weighted by Gasteiger charge is -2.26. The second kappa shape index (κ2) is 9.90. The number of ether oxygens (including phenoxy) is 2. The molecule has 0 unspecified atom stereocenters. The summed E-state index contributed by atoms with van der Waals surface area (Å²) in [7, 11) is -2.40. The van der Waals surface area contributed by atoms with Crippen LogP contribution in [-0.2, 0) is 32.5 Å². The zero-order chi connectivity index (χ0) is 22.4. The zero-order valence-corrected chi connectivity index (χ0v) is 17.9. The van der Waals surface area contributed by atoms with Crippen LogP contribution in [0.5, 0.6) is 5.75 Å². The van der Waals surface area contributed by atoms with E-state index >= 15 is 0 Å². The molecule has 1 heterocycles. The Kier molecular flexibility index (Phi) is 7.26. The van der Waals surface area contributed by atoms with E-state index in [2.05, 4.69) is 5.32 Å². The third-order valence-corrected chi connectivity index (χ3v) is 6.76. The van der Waals surface area contributed by atoms with Gasteiger partial charge in [-0.2, -0.15) is 4.31 Å². The van der Waals surface area contributed by atoms with Crippen LogP contribution in [0.2, 0.25) is 0 Å². The Balaban J connectivity index is 1.71. The first kappa shape index (κ1) is 22.7. The number of carbonyl (C=O) groups is 2. The van der Waals surface area contributed by atoms with E-state index in [1.807, 2.05) is 0 Å². The first-order valence-corrected chi connectivity index (χ1v) is 11.1. The Hall–Kier alpha value is -2.95. The third-order valence-electron chi connectivity index (χ3n) is 4.84. The molecule has 1 aliphatic rings. The first-order chi connectivity index (χ1) is 14.8. The molecule has 0 radical (unpaired) electrons. The summed E-state index contributed by atoms with van der Waals surface area (Å²) in [5, 5.41) is 11.8. The van der Waals surface area contributed by atoms with Gasteiger partial charge in [0, 0.05) is 19.6 Å². The number of carbonyl (C=O) groups excluding carboxylic acids is 1. The second-order valence-electron chi connectivity index (χ2n) is 6.96. The smallest absolute Gasteiger partial charge is 0.335 e. The molecule has 166 valence electrons. The lowest BCUT2D eigenvalue weighted by atomic mass is 10.1. The maximum Gasteiger partial charge on any atom is 0.335 e. The van der Waals surface area contributed by atoms with E-state index in [1.54, 1.807) is 18.2 Å². The number of hydrogen-bond acceptors (Lipinski definition) is 6. The van der Waals surface area contributed by atoms with Crippen molar-refractivity contribution in [2.24, 2.45) is 0 Å². The Morgan fingerprint density at radius 1 is 1.13 bits per heavy atom. The molecule has 0 bridgehead atoms. The number of carboxylic acid groups (broad SMARTS) is 1. The summed E-state index contributed by atoms with van der Waals surface area (Å²) in [5.74, 6) is -1.15. The minimum absolute atomic E-state index is 0.0105. The number of benzene rings is 2. The average Bonchev–Trinajstić information content (AvgIpc) is 2.78. The molecule has 0 spiro atoms. The predicted molar refractivity (Wildman–Crippen MR) is 112 cm³/mol. The lowest BCUT2D eigenvalue weighted by Crippen LogP contribution is -2.40. The molecule has 0 saturated carbocycles. The summed E-state index contributed by atoms with van der Waals surface area (Å²) in [4.78, 5) is 23.5. The molecule has 10 heteroatoms. The highest BCUT2D eigenvalue weighted by atomic mass is 32.2. The minimum atomic E-state index is -3.79. The number of rotatable bonds is 8. The summed E-state index contributed by atoms with van der Waals surface area (Å²) in [5.41, 5.74) is 1.31. The monoisotopic (exact) mass is 448 g/mol. The van der Waals surface area contributed by atoms with E-state index in [9.17, 15) is 18.0 Å². The third kappa shape index (κ3) is 5.60. The van der Waals surface area contributed by atoms with Gasteiger partial charge in [-0.25, -0.2) is 13.2 Å². The quantitative estimate of drug-likeness (QED) is 0.624. The Morgan fingerprint density at radius 3 is 2.55 bits per heavy atom. The summed E-state index contributed by atoms with van der Waals surface area (Å²) < 4.78 is 37.9. The van der Waals surface area contributed by atoms with E-state index in [-0.39, 0.29) is 48.2 Å². The highest BCUT2D eigenvalue weighted by Crippen LogP contribution is 2.28. The zero-order valence-electron chi connectivity index (χ0n) is 17.0. The van der Waals surface area contributed by atoms with Crippen LogP contribution >= 0.6 is 0 Å². The maximum absolute atomic E-state index is 13.0. The molecular formula is C21H24N2O7S. The van der Waals surface area contributed by atoms with Crippen LogP contribution in [-0.4, -0.2) is 63.1 Å². The van der Waals surface area contributed by atoms with Gasteiger partial charge in [-0.15, -0.1) is 0 Å². The lowest BCUT2D eigenvalue weighted by molar-refractivity contribution is -0.120. The number of morpholine rings is 1. The molecule has 1 amide bonds. The fourth-order valence-electron chi connectivity index (χ4n) is 3.22. The number of hydrogen-bond donors (Lipinski definition) is 2. The van der Waals surface area contributed by atoms with Crippen LogP contribution in [0.3, 0.4) is 0 Å². The Labute approximate surface area is 180 Å². The molecule has 1 fully saturated rings. The molecule has 1 aliphatic heterocycles. The van der Waals surface area contributed by atoms with Crippen LogP contribution in [0, 0.1) is 0 Å². The van der Waals surface area contributed by atoms with Crippen LogP contribution in [0.1, 0.15) is 21.5 Å². The van der Waals surface area contributed by atoms with Crippen molar-refractivity contribution in [2.45, 2.75) is 17.9 Å². The Morgan fingerprint density at radius 2 is 1.87 bits per heavy atom. The number of carboxylic acids is 1.